The molecule has 1 aliphatic rings. The predicted octanol–water partition coefficient (Wildman–Crippen LogP) is 4.30. The highest BCUT2D eigenvalue weighted by molar-refractivity contribution is 8.01. The molecule has 8 nitrogen and oxygen atoms in total. The minimum absolute atomic E-state index is 0.0780. The standard InChI is InChI=1S/C21H18N4O4S3/c1-11-17(26)22-15-9-14(7-8-16(15)31-11)18(27)23-20-24-25-21(32-20)30-10-12-3-5-13(6-4-12)19(28)29-2/h3-9,11H,10H2,1-2H3,(H,22,26)(H,23,24,27)/t11-/m1/s1. The number of hydrogen-bond acceptors (Lipinski definition) is 9. The number of anilines is 2. The van der Waals surface area contributed by atoms with Gasteiger partial charge in [-0.3, -0.25) is 14.9 Å². The van der Waals surface area contributed by atoms with Crippen LogP contribution < -0.4 is 10.6 Å². The van der Waals surface area contributed by atoms with E-state index in [2.05, 4.69) is 20.8 Å². The van der Waals surface area contributed by atoms with Crippen LogP contribution in [0.1, 0.15) is 33.2 Å². The number of rotatable bonds is 6. The number of esters is 1. The van der Waals surface area contributed by atoms with E-state index in [1.807, 2.05) is 25.1 Å². The Morgan fingerprint density at radius 2 is 1.91 bits per heavy atom. The van der Waals surface area contributed by atoms with E-state index >= 15 is 0 Å². The topological polar surface area (TPSA) is 110 Å². The maximum atomic E-state index is 12.6. The van der Waals surface area contributed by atoms with E-state index in [9.17, 15) is 14.4 Å². The maximum Gasteiger partial charge on any atom is 0.337 e. The summed E-state index contributed by atoms with van der Waals surface area (Å²) in [7, 11) is 1.35. The number of ether oxygens (including phenoxy) is 1. The number of carbonyl (C=O) groups excluding carboxylic acids is 3. The van der Waals surface area contributed by atoms with Crippen molar-refractivity contribution < 1.29 is 19.1 Å². The molecule has 0 fully saturated rings. The summed E-state index contributed by atoms with van der Waals surface area (Å²) in [5, 5.41) is 13.9. The van der Waals surface area contributed by atoms with Gasteiger partial charge in [0.25, 0.3) is 5.91 Å². The van der Waals surface area contributed by atoms with E-state index in [0.29, 0.717) is 32.0 Å². The molecule has 164 valence electrons. The highest BCUT2D eigenvalue weighted by Crippen LogP contribution is 2.36. The van der Waals surface area contributed by atoms with E-state index in [1.165, 1.54) is 42.0 Å². The molecule has 0 saturated carbocycles. The van der Waals surface area contributed by atoms with Crippen LogP contribution in [0.4, 0.5) is 10.8 Å². The molecule has 4 rings (SSSR count). The number of amides is 2. The van der Waals surface area contributed by atoms with Crippen molar-refractivity contribution >= 4 is 63.5 Å². The molecule has 2 aromatic carbocycles. The highest BCUT2D eigenvalue weighted by Gasteiger charge is 2.24. The van der Waals surface area contributed by atoms with Crippen molar-refractivity contribution in [2.24, 2.45) is 0 Å². The highest BCUT2D eigenvalue weighted by atomic mass is 32.2. The molecule has 32 heavy (non-hydrogen) atoms. The van der Waals surface area contributed by atoms with E-state index in [4.69, 9.17) is 4.74 Å². The maximum absolute atomic E-state index is 12.6. The van der Waals surface area contributed by atoms with Crippen molar-refractivity contribution in [3.05, 3.63) is 59.2 Å². The van der Waals surface area contributed by atoms with Crippen molar-refractivity contribution in [3.8, 4) is 0 Å². The van der Waals surface area contributed by atoms with Gasteiger partial charge in [0.05, 0.1) is 23.6 Å². The molecule has 0 aliphatic carbocycles. The zero-order valence-corrected chi connectivity index (χ0v) is 19.5. The Morgan fingerprint density at radius 1 is 1.16 bits per heavy atom. The molecular formula is C21H18N4O4S3. The fourth-order valence-electron chi connectivity index (χ4n) is 2.84. The third-order valence-electron chi connectivity index (χ3n) is 4.54. The zero-order valence-electron chi connectivity index (χ0n) is 17.1. The third kappa shape index (κ3) is 5.12. The van der Waals surface area contributed by atoms with Crippen LogP contribution >= 0.6 is 34.9 Å². The van der Waals surface area contributed by atoms with E-state index in [1.54, 1.807) is 24.3 Å². The second kappa shape index (κ2) is 9.72. The van der Waals surface area contributed by atoms with Gasteiger partial charge in [-0.25, -0.2) is 4.79 Å². The zero-order chi connectivity index (χ0) is 22.7. The Morgan fingerprint density at radius 3 is 2.66 bits per heavy atom. The quantitative estimate of drug-likeness (QED) is 0.301. The number of carbonyl (C=O) groups is 3. The van der Waals surface area contributed by atoms with Crippen LogP contribution in [0.3, 0.4) is 0 Å². The number of aromatic nitrogens is 2. The molecule has 2 amide bonds. The first kappa shape index (κ1) is 22.3. The van der Waals surface area contributed by atoms with Crippen LogP contribution in [0.5, 0.6) is 0 Å². The SMILES string of the molecule is COC(=O)c1ccc(CSc2nnc(NC(=O)c3ccc4c(c3)NC(=O)[C@@H](C)S4)s2)cc1. The van der Waals surface area contributed by atoms with Crippen molar-refractivity contribution in [1.82, 2.24) is 10.2 Å². The second-order valence-electron chi connectivity index (χ2n) is 6.76. The Hall–Kier alpha value is -2.89. The van der Waals surface area contributed by atoms with Crippen LogP contribution in [0.25, 0.3) is 0 Å². The molecule has 0 unspecified atom stereocenters. The summed E-state index contributed by atoms with van der Waals surface area (Å²) in [5.74, 6) is -0.129. The monoisotopic (exact) mass is 486 g/mol. The Bertz CT molecular complexity index is 1180. The lowest BCUT2D eigenvalue weighted by molar-refractivity contribution is -0.115. The lowest BCUT2D eigenvalue weighted by Gasteiger charge is -2.21. The van der Waals surface area contributed by atoms with Gasteiger partial charge in [0.1, 0.15) is 0 Å². The van der Waals surface area contributed by atoms with Crippen molar-refractivity contribution in [1.29, 1.82) is 0 Å². The van der Waals surface area contributed by atoms with Gasteiger partial charge in [-0.2, -0.15) is 0 Å². The molecule has 0 bridgehead atoms. The molecule has 1 atom stereocenters. The first-order valence-electron chi connectivity index (χ1n) is 9.49. The Kier molecular flexibility index (Phi) is 6.77. The van der Waals surface area contributed by atoms with Crippen molar-refractivity contribution in [3.63, 3.8) is 0 Å². The minimum Gasteiger partial charge on any atom is -0.465 e. The van der Waals surface area contributed by atoms with Gasteiger partial charge >= 0.3 is 5.97 Å². The number of thioether (sulfide) groups is 2. The summed E-state index contributed by atoms with van der Waals surface area (Å²) in [4.78, 5) is 36.9. The van der Waals surface area contributed by atoms with Gasteiger partial charge < -0.3 is 10.1 Å². The molecule has 0 spiro atoms. The number of benzene rings is 2. The molecule has 2 N–H and O–H groups in total. The molecule has 1 aliphatic heterocycles. The van der Waals surface area contributed by atoms with Crippen LogP contribution in [0, 0.1) is 0 Å². The van der Waals surface area contributed by atoms with Gasteiger partial charge in [-0.15, -0.1) is 22.0 Å². The van der Waals surface area contributed by atoms with Crippen LogP contribution in [0.15, 0.2) is 51.7 Å². The number of methoxy groups -OCH3 is 1. The lowest BCUT2D eigenvalue weighted by Crippen LogP contribution is -2.26. The van der Waals surface area contributed by atoms with E-state index in [0.717, 1.165) is 10.5 Å². The average Bonchev–Trinajstić information content (AvgIpc) is 3.25. The largest absolute Gasteiger partial charge is 0.465 e. The Balaban J connectivity index is 1.35. The van der Waals surface area contributed by atoms with Crippen molar-refractivity contribution in [2.45, 2.75) is 27.2 Å². The number of nitrogens with zero attached hydrogens (tertiary/aromatic N) is 2. The molecule has 0 radical (unpaired) electrons. The molecule has 0 saturated heterocycles. The van der Waals surface area contributed by atoms with Gasteiger partial charge in [0, 0.05) is 16.2 Å². The summed E-state index contributed by atoms with van der Waals surface area (Å²) in [6.07, 6.45) is 0. The van der Waals surface area contributed by atoms with Crippen molar-refractivity contribution in [2.75, 3.05) is 17.7 Å². The summed E-state index contributed by atoms with van der Waals surface area (Å²) in [6.45, 7) is 1.84. The lowest BCUT2D eigenvalue weighted by atomic mass is 10.1. The molecule has 2 heterocycles. The number of fused-ring (bicyclic) bond motifs is 1. The summed E-state index contributed by atoms with van der Waals surface area (Å²) in [5.41, 5.74) is 2.58. The van der Waals surface area contributed by atoms with Crippen LogP contribution in [0.2, 0.25) is 0 Å². The van der Waals surface area contributed by atoms with E-state index in [-0.39, 0.29) is 23.0 Å². The van der Waals surface area contributed by atoms with Gasteiger partial charge in [0.15, 0.2) is 4.34 Å². The van der Waals surface area contributed by atoms with Gasteiger partial charge in [-0.1, -0.05) is 35.2 Å². The molecular weight excluding hydrogens is 468 g/mol. The number of hydrogen-bond donors (Lipinski definition) is 2. The van der Waals surface area contributed by atoms with Gasteiger partial charge in [-0.05, 0) is 42.8 Å². The molecule has 3 aromatic rings. The average molecular weight is 487 g/mol. The van der Waals surface area contributed by atoms with E-state index < -0.39 is 0 Å². The van der Waals surface area contributed by atoms with Crippen LogP contribution in [-0.2, 0) is 15.3 Å². The first-order chi connectivity index (χ1) is 15.4. The molecule has 1 aromatic heterocycles. The smallest absolute Gasteiger partial charge is 0.337 e. The fourth-order valence-corrected chi connectivity index (χ4v) is 5.47. The summed E-state index contributed by atoms with van der Waals surface area (Å²) in [6, 6.07) is 12.4. The summed E-state index contributed by atoms with van der Waals surface area (Å²) < 4.78 is 5.40. The number of nitrogens with one attached hydrogen (secondary N) is 2. The third-order valence-corrected chi connectivity index (χ3v) is 7.76. The summed E-state index contributed by atoms with van der Waals surface area (Å²) >= 11 is 4.23. The minimum atomic E-state index is -0.372. The normalized spacial score (nSPS) is 14.9. The first-order valence-corrected chi connectivity index (χ1v) is 12.2. The molecule has 11 heteroatoms. The second-order valence-corrected chi connectivity index (χ2v) is 10.3. The van der Waals surface area contributed by atoms with Crippen LogP contribution in [-0.4, -0.2) is 40.3 Å². The van der Waals surface area contributed by atoms with Gasteiger partial charge in [0.2, 0.25) is 11.0 Å². The Labute approximate surface area is 196 Å². The predicted molar refractivity (Wildman–Crippen MR) is 126 cm³/mol. The fraction of sp³-hybridized carbons (Fsp3) is 0.190.